The molecule has 0 bridgehead atoms. The highest BCUT2D eigenvalue weighted by atomic mass is 79.9. The fourth-order valence-electron chi connectivity index (χ4n) is 1.50. The Hall–Kier alpha value is -0.100. The zero-order valence-electron chi connectivity index (χ0n) is 7.91. The van der Waals surface area contributed by atoms with Gasteiger partial charge in [-0.05, 0) is 34.1 Å². The first-order chi connectivity index (χ1) is 7.16. The molecule has 1 aliphatic rings. The Kier molecular flexibility index (Phi) is 3.66. The van der Waals surface area contributed by atoms with Gasteiger partial charge in [-0.1, -0.05) is 15.9 Å². The van der Waals surface area contributed by atoms with Crippen molar-refractivity contribution in [2.45, 2.75) is 12.2 Å². The van der Waals surface area contributed by atoms with Gasteiger partial charge in [0.05, 0.1) is 4.47 Å². The summed E-state index contributed by atoms with van der Waals surface area (Å²) in [5.41, 5.74) is 0. The van der Waals surface area contributed by atoms with Crippen LogP contribution in [0.4, 0.5) is 0 Å². The molecule has 2 atom stereocenters. The lowest BCUT2D eigenvalue weighted by Gasteiger charge is -2.17. The number of nitrogens with one attached hydrogen (secondary N) is 1. The van der Waals surface area contributed by atoms with Crippen LogP contribution >= 0.6 is 31.9 Å². The minimum absolute atomic E-state index is 0.164. The Labute approximate surface area is 105 Å². The Morgan fingerprint density at radius 3 is 2.73 bits per heavy atom. The maximum atomic E-state index is 9.58. The highest BCUT2D eigenvalue weighted by Crippen LogP contribution is 2.29. The highest BCUT2D eigenvalue weighted by molar-refractivity contribution is 9.11. The number of hydrogen-bond acceptors (Lipinski definition) is 3. The zero-order chi connectivity index (χ0) is 10.8. The van der Waals surface area contributed by atoms with E-state index in [0.29, 0.717) is 13.1 Å². The summed E-state index contributed by atoms with van der Waals surface area (Å²) in [6.07, 6.45) is -0.594. The molecule has 15 heavy (non-hydrogen) atoms. The minimum Gasteiger partial charge on any atom is -0.485 e. The summed E-state index contributed by atoms with van der Waals surface area (Å²) in [4.78, 5) is 0. The van der Waals surface area contributed by atoms with E-state index >= 15 is 0 Å². The Morgan fingerprint density at radius 2 is 2.13 bits per heavy atom. The standard InChI is InChI=1S/C10H11Br2NO2/c11-6-1-2-9(7(12)3-6)15-10-5-13-4-8(10)14/h1-3,8,10,13-14H,4-5H2. The number of β-amino-alcohol motifs (C(OH)–C–C–N with tert-alkyl or cyclic N) is 1. The lowest BCUT2D eigenvalue weighted by Crippen LogP contribution is -2.29. The van der Waals surface area contributed by atoms with E-state index in [9.17, 15) is 5.11 Å². The highest BCUT2D eigenvalue weighted by Gasteiger charge is 2.27. The summed E-state index contributed by atoms with van der Waals surface area (Å²) in [7, 11) is 0. The Morgan fingerprint density at radius 1 is 1.33 bits per heavy atom. The molecule has 82 valence electrons. The van der Waals surface area contributed by atoms with Crippen molar-refractivity contribution in [3.8, 4) is 5.75 Å². The summed E-state index contributed by atoms with van der Waals surface area (Å²) in [6, 6.07) is 5.71. The van der Waals surface area contributed by atoms with Crippen molar-refractivity contribution in [3.05, 3.63) is 27.1 Å². The number of aliphatic hydroxyl groups is 1. The van der Waals surface area contributed by atoms with E-state index in [1.54, 1.807) is 0 Å². The van der Waals surface area contributed by atoms with Crippen LogP contribution in [0.1, 0.15) is 0 Å². The molecule has 1 aromatic carbocycles. The van der Waals surface area contributed by atoms with E-state index in [2.05, 4.69) is 37.2 Å². The lowest BCUT2D eigenvalue weighted by molar-refractivity contribution is 0.0732. The van der Waals surface area contributed by atoms with Gasteiger partial charge in [-0.15, -0.1) is 0 Å². The molecule has 1 heterocycles. The largest absolute Gasteiger partial charge is 0.485 e. The molecule has 2 unspecified atom stereocenters. The topological polar surface area (TPSA) is 41.5 Å². The molecule has 2 N–H and O–H groups in total. The molecule has 0 aromatic heterocycles. The second kappa shape index (κ2) is 4.82. The van der Waals surface area contributed by atoms with Crippen molar-refractivity contribution in [1.82, 2.24) is 5.32 Å². The smallest absolute Gasteiger partial charge is 0.138 e. The van der Waals surface area contributed by atoms with E-state index in [-0.39, 0.29) is 6.10 Å². The van der Waals surface area contributed by atoms with Gasteiger partial charge in [-0.2, -0.15) is 0 Å². The predicted octanol–water partition coefficient (Wildman–Crippen LogP) is 1.92. The second-order valence-electron chi connectivity index (χ2n) is 3.46. The van der Waals surface area contributed by atoms with Gasteiger partial charge in [-0.25, -0.2) is 0 Å². The normalized spacial score (nSPS) is 25.5. The van der Waals surface area contributed by atoms with Crippen molar-refractivity contribution >= 4 is 31.9 Å². The average Bonchev–Trinajstić information content (AvgIpc) is 2.57. The van der Waals surface area contributed by atoms with Crippen LogP contribution < -0.4 is 10.1 Å². The molecule has 5 heteroatoms. The quantitative estimate of drug-likeness (QED) is 0.867. The number of benzene rings is 1. The Bertz CT molecular complexity index is 359. The Balaban J connectivity index is 2.10. The third kappa shape index (κ3) is 2.72. The fraction of sp³-hybridized carbons (Fsp3) is 0.400. The fourth-order valence-corrected chi connectivity index (χ4v) is 2.64. The van der Waals surface area contributed by atoms with Gasteiger partial charge in [-0.3, -0.25) is 0 Å². The summed E-state index contributed by atoms with van der Waals surface area (Å²) in [6.45, 7) is 1.28. The van der Waals surface area contributed by atoms with Crippen LogP contribution in [-0.4, -0.2) is 30.4 Å². The van der Waals surface area contributed by atoms with Crippen LogP contribution in [0, 0.1) is 0 Å². The summed E-state index contributed by atoms with van der Waals surface area (Å²) < 4.78 is 7.57. The second-order valence-corrected chi connectivity index (χ2v) is 5.23. The van der Waals surface area contributed by atoms with E-state index < -0.39 is 6.10 Å². The first kappa shape index (κ1) is 11.4. The van der Waals surface area contributed by atoms with Gasteiger partial charge in [0.25, 0.3) is 0 Å². The van der Waals surface area contributed by atoms with Crippen LogP contribution in [0.25, 0.3) is 0 Å². The lowest BCUT2D eigenvalue weighted by atomic mass is 10.2. The molecule has 1 saturated heterocycles. The van der Waals surface area contributed by atoms with Gasteiger partial charge >= 0.3 is 0 Å². The molecule has 0 spiro atoms. The van der Waals surface area contributed by atoms with Crippen LogP contribution in [0.3, 0.4) is 0 Å². The molecule has 0 radical (unpaired) electrons. The van der Waals surface area contributed by atoms with E-state index in [4.69, 9.17) is 4.74 Å². The van der Waals surface area contributed by atoms with Crippen molar-refractivity contribution < 1.29 is 9.84 Å². The third-order valence-electron chi connectivity index (χ3n) is 2.30. The monoisotopic (exact) mass is 335 g/mol. The first-order valence-electron chi connectivity index (χ1n) is 4.67. The molecule has 1 aliphatic heterocycles. The molecular formula is C10H11Br2NO2. The molecule has 0 aliphatic carbocycles. The van der Waals surface area contributed by atoms with Gasteiger partial charge in [0, 0.05) is 17.6 Å². The molecule has 0 saturated carbocycles. The van der Waals surface area contributed by atoms with E-state index in [1.807, 2.05) is 18.2 Å². The molecule has 1 fully saturated rings. The van der Waals surface area contributed by atoms with Gasteiger partial charge < -0.3 is 15.2 Å². The van der Waals surface area contributed by atoms with Crippen LogP contribution in [0.2, 0.25) is 0 Å². The first-order valence-corrected chi connectivity index (χ1v) is 6.26. The maximum absolute atomic E-state index is 9.58. The molecule has 3 nitrogen and oxygen atoms in total. The molecular weight excluding hydrogens is 326 g/mol. The summed E-state index contributed by atoms with van der Waals surface area (Å²) in [5.74, 6) is 0.756. The average molecular weight is 337 g/mol. The van der Waals surface area contributed by atoms with Crippen molar-refractivity contribution in [3.63, 3.8) is 0 Å². The SMILES string of the molecule is OC1CNCC1Oc1ccc(Br)cc1Br. The summed E-state index contributed by atoms with van der Waals surface area (Å²) >= 11 is 6.79. The van der Waals surface area contributed by atoms with E-state index in [1.165, 1.54) is 0 Å². The minimum atomic E-state index is -0.430. The number of ether oxygens (including phenoxy) is 1. The third-order valence-corrected chi connectivity index (χ3v) is 3.41. The molecule has 2 rings (SSSR count). The summed E-state index contributed by atoms with van der Waals surface area (Å²) in [5, 5.41) is 12.7. The van der Waals surface area contributed by atoms with Gasteiger partial charge in [0.1, 0.15) is 18.0 Å². The molecule has 1 aromatic rings. The van der Waals surface area contributed by atoms with Gasteiger partial charge in [0.2, 0.25) is 0 Å². The zero-order valence-corrected chi connectivity index (χ0v) is 11.1. The van der Waals surface area contributed by atoms with Crippen molar-refractivity contribution in [2.75, 3.05) is 13.1 Å². The number of aliphatic hydroxyl groups excluding tert-OH is 1. The number of hydrogen-bond donors (Lipinski definition) is 2. The van der Waals surface area contributed by atoms with Gasteiger partial charge in [0.15, 0.2) is 0 Å². The van der Waals surface area contributed by atoms with E-state index in [0.717, 1.165) is 14.7 Å². The maximum Gasteiger partial charge on any atom is 0.138 e. The number of rotatable bonds is 2. The van der Waals surface area contributed by atoms with Crippen molar-refractivity contribution in [1.29, 1.82) is 0 Å². The van der Waals surface area contributed by atoms with Crippen LogP contribution in [-0.2, 0) is 0 Å². The molecule has 0 amide bonds. The van der Waals surface area contributed by atoms with Crippen LogP contribution in [0.5, 0.6) is 5.75 Å². The number of halogens is 2. The van der Waals surface area contributed by atoms with Crippen LogP contribution in [0.15, 0.2) is 27.1 Å². The van der Waals surface area contributed by atoms with Crippen molar-refractivity contribution in [2.24, 2.45) is 0 Å². The predicted molar refractivity (Wildman–Crippen MR) is 65.1 cm³/mol.